The van der Waals surface area contributed by atoms with Crippen LogP contribution in [0, 0.1) is 5.41 Å². The molecular formula is C45H65N9O5S. The number of rotatable bonds is 5. The van der Waals surface area contributed by atoms with Crippen LogP contribution in [0.2, 0.25) is 0 Å². The van der Waals surface area contributed by atoms with Gasteiger partial charge in [-0.25, -0.2) is 15.2 Å². The first kappa shape index (κ1) is 45.0. The molecule has 5 N–H and O–H groups in total. The Morgan fingerprint density at radius 3 is 2.63 bits per heavy atom. The Hall–Kier alpha value is -4.57. The number of nitrogens with zero attached hydrogens (tertiary/aromatic N) is 5. The van der Waals surface area contributed by atoms with Gasteiger partial charge >= 0.3 is 12.0 Å². The van der Waals surface area contributed by atoms with Gasteiger partial charge in [0.25, 0.3) is 5.91 Å². The number of pyridine rings is 1. The molecule has 4 unspecified atom stereocenters. The molecule has 15 heteroatoms. The number of carbonyl (C=O) groups excluding carboxylic acids is 3. The predicted molar refractivity (Wildman–Crippen MR) is 239 cm³/mol. The summed E-state index contributed by atoms with van der Waals surface area (Å²) in [5, 5.41) is 7.69. The number of aromatic amines is 1. The Morgan fingerprint density at radius 2 is 1.88 bits per heavy atom. The van der Waals surface area contributed by atoms with Gasteiger partial charge in [-0.1, -0.05) is 54.0 Å². The number of H-pyrrole nitrogens is 1. The fraction of sp³-hybridized carbons (Fsp3) is 0.578. The van der Waals surface area contributed by atoms with Crippen molar-refractivity contribution >= 4 is 45.8 Å². The lowest BCUT2D eigenvalue weighted by molar-refractivity contribution is -0.155. The van der Waals surface area contributed by atoms with E-state index in [0.29, 0.717) is 36.9 Å². The van der Waals surface area contributed by atoms with Gasteiger partial charge in [0.15, 0.2) is 0 Å². The molecule has 6 bridgehead atoms. The van der Waals surface area contributed by atoms with Crippen molar-refractivity contribution < 1.29 is 23.9 Å². The first-order valence-corrected chi connectivity index (χ1v) is 22.7. The number of amides is 3. The summed E-state index contributed by atoms with van der Waals surface area (Å²) < 4.78 is 11.9. The fourth-order valence-corrected chi connectivity index (χ4v) is 9.45. The minimum atomic E-state index is -0.965. The number of nitrogens with two attached hydrogens (primary N) is 1. The molecule has 0 aliphatic carbocycles. The smallest absolute Gasteiger partial charge is 0.324 e. The normalized spacial score (nSPS) is 22.4. The lowest BCUT2D eigenvalue weighted by Crippen LogP contribution is -2.60. The van der Waals surface area contributed by atoms with Crippen LogP contribution in [0.25, 0.3) is 33.4 Å². The Morgan fingerprint density at radius 1 is 1.12 bits per heavy atom. The Balaban J connectivity index is 0.00000116. The molecule has 3 fully saturated rings. The van der Waals surface area contributed by atoms with Crippen LogP contribution >= 0.6 is 11.3 Å². The molecule has 3 saturated heterocycles. The molecule has 7 heterocycles. The Bertz CT molecular complexity index is 2120. The number of anilines is 1. The summed E-state index contributed by atoms with van der Waals surface area (Å²) in [6.45, 7) is 19.2. The second-order valence-corrected chi connectivity index (χ2v) is 17.8. The molecule has 0 saturated carbocycles. The molecule has 3 amide bonds. The third-order valence-corrected chi connectivity index (χ3v) is 12.5. The zero-order valence-electron chi connectivity index (χ0n) is 36.7. The van der Waals surface area contributed by atoms with Gasteiger partial charge in [0.1, 0.15) is 12.1 Å². The van der Waals surface area contributed by atoms with Gasteiger partial charge in [-0.2, -0.15) is 0 Å². The van der Waals surface area contributed by atoms with Gasteiger partial charge in [-0.05, 0) is 69.3 Å². The number of hydrogen-bond acceptors (Lipinski definition) is 11. The maximum atomic E-state index is 13.7. The van der Waals surface area contributed by atoms with Crippen molar-refractivity contribution in [3.63, 3.8) is 0 Å². The third-order valence-electron chi connectivity index (χ3n) is 11.6. The predicted octanol–water partition coefficient (Wildman–Crippen LogP) is 6.99. The quantitative estimate of drug-likeness (QED) is 0.154. The SMILES string of the molecule is CC.CCC.COC(C)c1ncc(N2CCN3CCCC3C2)cc1-c1[nH]c2ccc3cc2c1CC(C)(C)COC(=O)C1CCCN(N1)C(=O)C(NC(N)=O)Cc1nc-3cs1. The molecule has 4 aliphatic heterocycles. The average Bonchev–Trinajstić information content (AvgIpc) is 4.01. The highest BCUT2D eigenvalue weighted by molar-refractivity contribution is 7.10. The minimum Gasteiger partial charge on any atom is -0.464 e. The lowest BCUT2D eigenvalue weighted by atomic mass is 9.84. The summed E-state index contributed by atoms with van der Waals surface area (Å²) in [5.41, 5.74) is 15.8. The van der Waals surface area contributed by atoms with Crippen molar-refractivity contribution in [2.45, 2.75) is 118 Å². The van der Waals surface area contributed by atoms with Crippen molar-refractivity contribution in [2.75, 3.05) is 51.3 Å². The maximum absolute atomic E-state index is 13.7. The highest BCUT2D eigenvalue weighted by Gasteiger charge is 2.36. The van der Waals surface area contributed by atoms with Crippen LogP contribution in [0.5, 0.6) is 0 Å². The van der Waals surface area contributed by atoms with Crippen molar-refractivity contribution in [1.29, 1.82) is 0 Å². The van der Waals surface area contributed by atoms with E-state index in [1.165, 1.54) is 42.2 Å². The molecule has 1 aromatic carbocycles. The molecule has 60 heavy (non-hydrogen) atoms. The van der Waals surface area contributed by atoms with E-state index in [1.54, 1.807) is 7.11 Å². The summed E-state index contributed by atoms with van der Waals surface area (Å²) in [5.74, 6) is -0.811. The van der Waals surface area contributed by atoms with Gasteiger partial charge in [0.2, 0.25) is 0 Å². The molecule has 0 radical (unpaired) electrons. The van der Waals surface area contributed by atoms with Crippen molar-refractivity contribution in [3.05, 3.63) is 52.1 Å². The summed E-state index contributed by atoms with van der Waals surface area (Å²) in [4.78, 5) is 58.2. The number of hydrazine groups is 1. The number of benzene rings is 1. The van der Waals surface area contributed by atoms with E-state index in [9.17, 15) is 14.4 Å². The van der Waals surface area contributed by atoms with Crippen LogP contribution in [0.3, 0.4) is 0 Å². The highest BCUT2D eigenvalue weighted by atomic mass is 32.1. The molecule has 4 atom stereocenters. The van der Waals surface area contributed by atoms with Crippen LogP contribution in [-0.4, -0.2) is 107 Å². The number of nitrogens with one attached hydrogen (secondary N) is 3. The number of aromatic nitrogens is 3. The van der Waals surface area contributed by atoms with Crippen LogP contribution in [0.1, 0.15) is 103 Å². The number of methoxy groups -OCH3 is 1. The molecular weight excluding hydrogens is 779 g/mol. The van der Waals surface area contributed by atoms with Gasteiger partial charge < -0.3 is 30.4 Å². The Labute approximate surface area is 358 Å². The number of fused-ring (bicyclic) bond motifs is 7. The topological polar surface area (TPSA) is 171 Å². The van der Waals surface area contributed by atoms with Crippen LogP contribution in [0.15, 0.2) is 35.8 Å². The number of piperazine rings is 1. The standard InChI is InChI=1S/C40H51N9O5S.C3H8.C2H6/c1-23(53-4)35-28(16-26(19-42-35)48-14-13-47-11-5-7-25(47)20-48)36-29-18-40(2,3)22-54-38(51)31-8-6-12-49(46-31)37(50)32(45-39(41)52)17-34-43-33(21-55-34)24-9-10-30(44-36)27(29)15-24;1-3-2;1-2/h9-10,15-16,19,21,23,25,31-32,44,46H,5-8,11-14,17-18,20,22H2,1-4H3,(H3,41,45,52);3H2,1-2H3;1-2H3. The fourth-order valence-electron chi connectivity index (χ4n) is 8.60. The number of primary amides is 1. The van der Waals surface area contributed by atoms with Crippen LogP contribution < -0.4 is 21.4 Å². The zero-order valence-corrected chi connectivity index (χ0v) is 37.5. The number of hydrogen-bond donors (Lipinski definition) is 4. The zero-order chi connectivity index (χ0) is 43.1. The third kappa shape index (κ3) is 10.1. The summed E-state index contributed by atoms with van der Waals surface area (Å²) >= 11 is 1.42. The summed E-state index contributed by atoms with van der Waals surface area (Å²) in [6, 6.07) is 6.65. The van der Waals surface area contributed by atoms with Gasteiger partial charge in [-0.15, -0.1) is 11.3 Å². The molecule has 4 aromatic rings. The highest BCUT2D eigenvalue weighted by Crippen LogP contribution is 2.41. The summed E-state index contributed by atoms with van der Waals surface area (Å²) in [6.07, 6.45) is 7.32. The maximum Gasteiger partial charge on any atom is 0.324 e. The van der Waals surface area contributed by atoms with Crippen molar-refractivity contribution in [1.82, 2.24) is 35.6 Å². The van der Waals surface area contributed by atoms with E-state index in [-0.39, 0.29) is 25.0 Å². The molecule has 326 valence electrons. The number of thiazole rings is 1. The van der Waals surface area contributed by atoms with Crippen molar-refractivity contribution in [3.8, 4) is 22.5 Å². The lowest BCUT2D eigenvalue weighted by Gasteiger charge is -2.39. The Kier molecular flexibility index (Phi) is 14.9. The minimum absolute atomic E-state index is 0.148. The number of cyclic esters (lactones) is 1. The monoisotopic (exact) mass is 843 g/mol. The molecule has 14 nitrogen and oxygen atoms in total. The average molecular weight is 844 g/mol. The number of esters is 1. The second-order valence-electron chi connectivity index (χ2n) is 16.9. The summed E-state index contributed by atoms with van der Waals surface area (Å²) in [7, 11) is 1.71. The second kappa shape index (κ2) is 19.9. The van der Waals surface area contributed by atoms with E-state index in [1.807, 2.05) is 38.4 Å². The number of urea groups is 1. The van der Waals surface area contributed by atoms with E-state index < -0.39 is 29.5 Å². The largest absolute Gasteiger partial charge is 0.464 e. The number of ether oxygens (including phenoxy) is 2. The van der Waals surface area contributed by atoms with Gasteiger partial charge in [-0.3, -0.25) is 24.5 Å². The van der Waals surface area contributed by atoms with E-state index in [0.717, 1.165) is 70.0 Å². The van der Waals surface area contributed by atoms with E-state index in [4.69, 9.17) is 25.2 Å². The van der Waals surface area contributed by atoms with E-state index in [2.05, 4.69) is 71.4 Å². The molecule has 3 aromatic heterocycles. The van der Waals surface area contributed by atoms with Crippen LogP contribution in [0.4, 0.5) is 10.5 Å². The molecule has 0 spiro atoms. The van der Waals surface area contributed by atoms with Crippen molar-refractivity contribution in [2.24, 2.45) is 11.1 Å². The van der Waals surface area contributed by atoms with E-state index >= 15 is 0 Å². The molecule has 8 rings (SSSR count). The van der Waals surface area contributed by atoms with Gasteiger partial charge in [0, 0.05) is 78.6 Å². The van der Waals surface area contributed by atoms with Gasteiger partial charge in [0.05, 0.1) is 46.7 Å². The number of carbonyl (C=O) groups is 3. The molecule has 4 aliphatic rings. The first-order valence-electron chi connectivity index (χ1n) is 21.8. The first-order chi connectivity index (χ1) is 28.9. The van der Waals surface area contributed by atoms with Crippen LogP contribution in [-0.2, 0) is 31.9 Å².